The van der Waals surface area contributed by atoms with Crippen LogP contribution in [0.25, 0.3) is 0 Å². The van der Waals surface area contributed by atoms with Gasteiger partial charge in [0.2, 0.25) is 5.91 Å². The average molecular weight is 614 g/mol. The molecule has 3 aromatic rings. The Bertz CT molecular complexity index is 1410. The largest absolute Gasteiger partial charge is 0.495 e. The molecule has 0 aliphatic heterocycles. The number of ether oxygens (including phenoxy) is 1. The summed E-state index contributed by atoms with van der Waals surface area (Å²) in [7, 11) is 1.54. The molecule has 0 bridgehead atoms. The molecule has 3 rings (SSSR count). The zero-order chi connectivity index (χ0) is 31.2. The van der Waals surface area contributed by atoms with E-state index in [4.69, 9.17) is 27.9 Å². The van der Waals surface area contributed by atoms with Gasteiger partial charge in [0.05, 0.1) is 34.3 Å². The van der Waals surface area contributed by atoms with Gasteiger partial charge in [0.1, 0.15) is 5.75 Å². The number of hydrogen-bond acceptors (Lipinski definition) is 4. The van der Waals surface area contributed by atoms with E-state index in [9.17, 15) is 19.5 Å². The van der Waals surface area contributed by atoms with Gasteiger partial charge in [-0.3, -0.25) is 14.4 Å². The zero-order valence-corrected chi connectivity index (χ0v) is 26.3. The monoisotopic (exact) mass is 612 g/mol. The molecular weight excluding hydrogens is 575 g/mol. The van der Waals surface area contributed by atoms with Crippen LogP contribution in [0.2, 0.25) is 10.0 Å². The van der Waals surface area contributed by atoms with Crippen LogP contribution in [0.3, 0.4) is 0 Å². The summed E-state index contributed by atoms with van der Waals surface area (Å²) in [5, 5.41) is 13.5. The minimum absolute atomic E-state index is 0.0687. The van der Waals surface area contributed by atoms with Gasteiger partial charge in [0.15, 0.2) is 0 Å². The van der Waals surface area contributed by atoms with Crippen molar-refractivity contribution >= 4 is 52.4 Å². The van der Waals surface area contributed by atoms with Crippen LogP contribution in [0.5, 0.6) is 5.75 Å². The molecule has 2 amide bonds. The number of aliphatic carboxylic acids is 1. The number of carbonyl (C=O) groups is 3. The number of carboxylic acids is 1. The molecule has 42 heavy (non-hydrogen) atoms. The standard InChI is InChI=1S/C33H38Cl2N2O5/c1-7-20(2)19-37(32(41)33(3,4)5)27-18-22(13-16-28(27)42-6)24(31(39)40)17-21-11-14-23(15-12-21)36-30(38)29-25(34)9-8-10-26(29)35/h8-16,18,20,24H,7,17,19H2,1-6H3,(H,36,38)(H,39,40). The van der Waals surface area contributed by atoms with Crippen molar-refractivity contribution in [3.63, 3.8) is 0 Å². The van der Waals surface area contributed by atoms with Gasteiger partial charge in [-0.2, -0.15) is 0 Å². The van der Waals surface area contributed by atoms with Gasteiger partial charge in [-0.05, 0) is 59.9 Å². The molecule has 2 N–H and O–H groups in total. The number of benzene rings is 3. The maximum absolute atomic E-state index is 13.5. The number of carboxylic acid groups (broad SMARTS) is 1. The van der Waals surface area contributed by atoms with Crippen LogP contribution in [0.4, 0.5) is 11.4 Å². The molecule has 2 atom stereocenters. The summed E-state index contributed by atoms with van der Waals surface area (Å²) in [5.41, 5.74) is 1.92. The molecule has 0 heterocycles. The first-order valence-electron chi connectivity index (χ1n) is 13.8. The Morgan fingerprint density at radius 2 is 1.62 bits per heavy atom. The van der Waals surface area contributed by atoms with Gasteiger partial charge in [-0.1, -0.05) is 88.5 Å². The smallest absolute Gasteiger partial charge is 0.311 e. The lowest BCUT2D eigenvalue weighted by molar-refractivity contribution is -0.138. The van der Waals surface area contributed by atoms with Crippen LogP contribution < -0.4 is 15.0 Å². The Labute approximate surface area is 257 Å². The van der Waals surface area contributed by atoms with Crippen LogP contribution in [-0.2, 0) is 16.0 Å². The number of rotatable bonds is 11. The summed E-state index contributed by atoms with van der Waals surface area (Å²) in [6.07, 6.45) is 1.08. The molecule has 0 saturated heterocycles. The molecule has 9 heteroatoms. The Balaban J connectivity index is 1.90. The zero-order valence-electron chi connectivity index (χ0n) is 24.8. The van der Waals surface area contributed by atoms with Crippen LogP contribution in [-0.4, -0.2) is 36.5 Å². The number of amides is 2. The summed E-state index contributed by atoms with van der Waals surface area (Å²) in [5.74, 6) is -1.66. The van der Waals surface area contributed by atoms with Gasteiger partial charge in [0.25, 0.3) is 5.91 Å². The summed E-state index contributed by atoms with van der Waals surface area (Å²) in [6.45, 7) is 10.2. The predicted octanol–water partition coefficient (Wildman–Crippen LogP) is 8.09. The van der Waals surface area contributed by atoms with Crippen molar-refractivity contribution < 1.29 is 24.2 Å². The molecule has 3 aromatic carbocycles. The lowest BCUT2D eigenvalue weighted by Gasteiger charge is -2.33. The predicted molar refractivity (Wildman–Crippen MR) is 169 cm³/mol. The van der Waals surface area contributed by atoms with Crippen molar-refractivity contribution in [1.29, 1.82) is 0 Å². The second-order valence-electron chi connectivity index (χ2n) is 11.5. The maximum Gasteiger partial charge on any atom is 0.311 e. The van der Waals surface area contributed by atoms with E-state index in [-0.39, 0.29) is 33.9 Å². The summed E-state index contributed by atoms with van der Waals surface area (Å²) < 4.78 is 5.62. The van der Waals surface area contributed by atoms with E-state index in [0.717, 1.165) is 12.0 Å². The molecule has 0 spiro atoms. The molecule has 0 fully saturated rings. The Hall–Kier alpha value is -3.55. The molecule has 2 unspecified atom stereocenters. The van der Waals surface area contributed by atoms with Gasteiger partial charge >= 0.3 is 5.97 Å². The highest BCUT2D eigenvalue weighted by molar-refractivity contribution is 6.40. The normalized spacial score (nSPS) is 12.8. The fourth-order valence-corrected chi connectivity index (χ4v) is 5.06. The highest BCUT2D eigenvalue weighted by Gasteiger charge is 2.32. The van der Waals surface area contributed by atoms with E-state index in [1.807, 2.05) is 20.8 Å². The number of hydrogen-bond donors (Lipinski definition) is 2. The molecule has 0 aliphatic rings. The van der Waals surface area contributed by atoms with E-state index in [0.29, 0.717) is 29.2 Å². The summed E-state index contributed by atoms with van der Waals surface area (Å²) in [6, 6.07) is 17.0. The van der Waals surface area contributed by atoms with Crippen molar-refractivity contribution in [2.75, 3.05) is 23.9 Å². The fraction of sp³-hybridized carbons (Fsp3) is 0.364. The van der Waals surface area contributed by atoms with E-state index >= 15 is 0 Å². The van der Waals surface area contributed by atoms with Crippen molar-refractivity contribution in [1.82, 2.24) is 0 Å². The average Bonchev–Trinajstić information content (AvgIpc) is 2.94. The highest BCUT2D eigenvalue weighted by Crippen LogP contribution is 2.36. The van der Waals surface area contributed by atoms with Crippen molar-refractivity contribution in [2.45, 2.75) is 53.4 Å². The summed E-state index contributed by atoms with van der Waals surface area (Å²) in [4.78, 5) is 40.5. The third kappa shape index (κ3) is 8.05. The molecule has 7 nitrogen and oxygen atoms in total. The van der Waals surface area contributed by atoms with Gasteiger partial charge in [-0.15, -0.1) is 0 Å². The van der Waals surface area contributed by atoms with Crippen LogP contribution in [0.1, 0.15) is 68.4 Å². The third-order valence-corrected chi connectivity index (χ3v) is 7.74. The first kappa shape index (κ1) is 33.0. The summed E-state index contributed by atoms with van der Waals surface area (Å²) >= 11 is 12.3. The first-order valence-corrected chi connectivity index (χ1v) is 14.6. The molecular formula is C33H38Cl2N2O5. The SMILES string of the molecule is CCC(C)CN(C(=O)C(C)(C)C)c1cc(C(Cc2ccc(NC(=O)c3c(Cl)cccc3Cl)cc2)C(=O)O)ccc1OC. The van der Waals surface area contributed by atoms with Gasteiger partial charge < -0.3 is 20.1 Å². The van der Waals surface area contributed by atoms with Crippen molar-refractivity contribution in [3.8, 4) is 5.75 Å². The van der Waals surface area contributed by atoms with Gasteiger partial charge in [0, 0.05) is 17.6 Å². The van der Waals surface area contributed by atoms with Crippen molar-refractivity contribution in [2.24, 2.45) is 11.3 Å². The molecule has 0 radical (unpaired) electrons. The van der Waals surface area contributed by atoms with Gasteiger partial charge in [-0.25, -0.2) is 0 Å². The number of nitrogens with one attached hydrogen (secondary N) is 1. The lowest BCUT2D eigenvalue weighted by atomic mass is 9.90. The van der Waals surface area contributed by atoms with E-state index in [2.05, 4.69) is 19.2 Å². The Kier molecular flexibility index (Phi) is 11.0. The quantitative estimate of drug-likeness (QED) is 0.228. The van der Waals surface area contributed by atoms with Crippen LogP contribution in [0.15, 0.2) is 60.7 Å². The van der Waals surface area contributed by atoms with E-state index in [1.54, 1.807) is 65.6 Å². The second kappa shape index (κ2) is 14.1. The second-order valence-corrected chi connectivity index (χ2v) is 12.3. The minimum Gasteiger partial charge on any atom is -0.495 e. The molecule has 0 saturated carbocycles. The maximum atomic E-state index is 13.5. The number of nitrogens with zero attached hydrogens (tertiary/aromatic N) is 1. The highest BCUT2D eigenvalue weighted by atomic mass is 35.5. The molecule has 0 aliphatic carbocycles. The number of halogens is 2. The van der Waals surface area contributed by atoms with Crippen molar-refractivity contribution in [3.05, 3.63) is 87.4 Å². The number of anilines is 2. The fourth-order valence-electron chi connectivity index (χ4n) is 4.49. The van der Waals surface area contributed by atoms with E-state index < -0.39 is 23.2 Å². The topological polar surface area (TPSA) is 95.9 Å². The first-order chi connectivity index (χ1) is 19.8. The van der Waals surface area contributed by atoms with Crippen LogP contribution in [0, 0.1) is 11.3 Å². The Morgan fingerprint density at radius 3 is 2.14 bits per heavy atom. The number of methoxy groups -OCH3 is 1. The van der Waals surface area contributed by atoms with Crippen LogP contribution >= 0.6 is 23.2 Å². The molecule has 224 valence electrons. The lowest BCUT2D eigenvalue weighted by Crippen LogP contribution is -2.42. The Morgan fingerprint density at radius 1 is 1.00 bits per heavy atom. The molecule has 0 aromatic heterocycles. The third-order valence-electron chi connectivity index (χ3n) is 7.11. The number of carbonyl (C=O) groups excluding carboxylic acids is 2. The minimum atomic E-state index is -0.993. The van der Waals surface area contributed by atoms with E-state index in [1.165, 1.54) is 7.11 Å².